The van der Waals surface area contributed by atoms with E-state index >= 15 is 0 Å². The third kappa shape index (κ3) is 4.18. The second-order valence-corrected chi connectivity index (χ2v) is 7.68. The standard InChI is InChI=1S/C23H23FN4O4/c1-14-26-20-7-6-16(24)11-19(20)23(31)27(14)9-8-25-22(30)15-10-21(29)28(13-15)17-4-3-5-18(12-17)32-2/h3-7,11-12,15H,8-10,13H2,1-2H3,(H,25,30). The Bertz CT molecular complexity index is 1260. The van der Waals surface area contributed by atoms with Crippen molar-refractivity contribution in [2.24, 2.45) is 5.92 Å². The second kappa shape index (κ2) is 8.78. The number of amides is 2. The lowest BCUT2D eigenvalue weighted by Crippen LogP contribution is -2.36. The Morgan fingerprint density at radius 2 is 2.06 bits per heavy atom. The number of carbonyl (C=O) groups is 2. The Labute approximate surface area is 183 Å². The summed E-state index contributed by atoms with van der Waals surface area (Å²) in [5, 5.41) is 2.99. The first-order valence-corrected chi connectivity index (χ1v) is 10.3. The number of halogens is 1. The fraction of sp³-hybridized carbons (Fsp3) is 0.304. The molecule has 2 heterocycles. The number of hydrogen-bond donors (Lipinski definition) is 1. The van der Waals surface area contributed by atoms with Crippen LogP contribution < -0.4 is 20.5 Å². The van der Waals surface area contributed by atoms with Crippen LogP contribution in [-0.4, -0.2) is 41.6 Å². The first kappa shape index (κ1) is 21.5. The molecule has 2 aromatic carbocycles. The van der Waals surface area contributed by atoms with Gasteiger partial charge in [0.2, 0.25) is 11.8 Å². The van der Waals surface area contributed by atoms with Gasteiger partial charge in [-0.2, -0.15) is 0 Å². The van der Waals surface area contributed by atoms with Gasteiger partial charge in [-0.25, -0.2) is 9.37 Å². The normalized spacial score (nSPS) is 15.9. The van der Waals surface area contributed by atoms with Gasteiger partial charge in [0, 0.05) is 37.8 Å². The molecule has 1 unspecified atom stereocenters. The van der Waals surface area contributed by atoms with E-state index in [0.29, 0.717) is 22.8 Å². The maximum atomic E-state index is 13.5. The molecule has 1 fully saturated rings. The number of aryl methyl sites for hydroxylation is 1. The summed E-state index contributed by atoms with van der Waals surface area (Å²) < 4.78 is 20.1. The fourth-order valence-electron chi connectivity index (χ4n) is 3.91. The molecule has 3 aromatic rings. The fourth-order valence-corrected chi connectivity index (χ4v) is 3.91. The molecule has 0 bridgehead atoms. The Balaban J connectivity index is 1.40. The Morgan fingerprint density at radius 1 is 1.25 bits per heavy atom. The summed E-state index contributed by atoms with van der Waals surface area (Å²) in [5.74, 6) is -0.279. The van der Waals surface area contributed by atoms with Crippen LogP contribution in [0.25, 0.3) is 10.9 Å². The topological polar surface area (TPSA) is 93.5 Å². The summed E-state index contributed by atoms with van der Waals surface area (Å²) >= 11 is 0. The highest BCUT2D eigenvalue weighted by Crippen LogP contribution is 2.27. The lowest BCUT2D eigenvalue weighted by Gasteiger charge is -2.17. The van der Waals surface area contributed by atoms with Crippen molar-refractivity contribution < 1.29 is 18.7 Å². The summed E-state index contributed by atoms with van der Waals surface area (Å²) in [6.45, 7) is 2.34. The van der Waals surface area contributed by atoms with Crippen LogP contribution in [0.2, 0.25) is 0 Å². The number of methoxy groups -OCH3 is 1. The van der Waals surface area contributed by atoms with Crippen LogP contribution in [0.15, 0.2) is 47.3 Å². The average Bonchev–Trinajstić information content (AvgIpc) is 3.18. The van der Waals surface area contributed by atoms with E-state index < -0.39 is 11.7 Å². The number of hydrogen-bond acceptors (Lipinski definition) is 5. The largest absolute Gasteiger partial charge is 0.497 e. The van der Waals surface area contributed by atoms with Gasteiger partial charge in [0.1, 0.15) is 17.4 Å². The lowest BCUT2D eigenvalue weighted by atomic mass is 10.1. The molecule has 166 valence electrons. The van der Waals surface area contributed by atoms with E-state index in [-0.39, 0.29) is 48.8 Å². The minimum Gasteiger partial charge on any atom is -0.497 e. The molecule has 8 nitrogen and oxygen atoms in total. The number of fused-ring (bicyclic) bond motifs is 1. The van der Waals surface area contributed by atoms with E-state index in [0.717, 1.165) is 6.07 Å². The van der Waals surface area contributed by atoms with Crippen molar-refractivity contribution in [1.82, 2.24) is 14.9 Å². The Hall–Kier alpha value is -3.75. The molecule has 0 aliphatic carbocycles. The summed E-state index contributed by atoms with van der Waals surface area (Å²) in [6, 6.07) is 11.0. The van der Waals surface area contributed by atoms with Crippen molar-refractivity contribution in [3.05, 3.63) is 64.5 Å². The molecule has 1 atom stereocenters. The summed E-state index contributed by atoms with van der Waals surface area (Å²) in [4.78, 5) is 43.7. The summed E-state index contributed by atoms with van der Waals surface area (Å²) in [5.41, 5.74) is 0.749. The zero-order chi connectivity index (χ0) is 22.8. The highest BCUT2D eigenvalue weighted by Gasteiger charge is 2.35. The van der Waals surface area contributed by atoms with Crippen molar-refractivity contribution in [2.45, 2.75) is 19.9 Å². The van der Waals surface area contributed by atoms with Crippen molar-refractivity contribution >= 4 is 28.4 Å². The van der Waals surface area contributed by atoms with Crippen LogP contribution in [0.1, 0.15) is 12.2 Å². The number of benzene rings is 2. The third-order valence-corrected chi connectivity index (χ3v) is 5.60. The molecule has 1 aliphatic heterocycles. The van der Waals surface area contributed by atoms with Crippen LogP contribution in [0.5, 0.6) is 5.75 Å². The highest BCUT2D eigenvalue weighted by atomic mass is 19.1. The monoisotopic (exact) mass is 438 g/mol. The van der Waals surface area contributed by atoms with Gasteiger partial charge in [-0.05, 0) is 37.3 Å². The Kier molecular flexibility index (Phi) is 5.89. The molecule has 1 N–H and O–H groups in total. The van der Waals surface area contributed by atoms with Gasteiger partial charge in [-0.3, -0.25) is 19.0 Å². The van der Waals surface area contributed by atoms with Crippen molar-refractivity contribution in [1.29, 1.82) is 0 Å². The van der Waals surface area contributed by atoms with E-state index in [4.69, 9.17) is 4.74 Å². The number of rotatable bonds is 6. The molecule has 9 heteroatoms. The molecule has 1 saturated heterocycles. The van der Waals surface area contributed by atoms with Crippen LogP contribution in [0.4, 0.5) is 10.1 Å². The van der Waals surface area contributed by atoms with E-state index in [1.807, 2.05) is 0 Å². The van der Waals surface area contributed by atoms with Crippen molar-refractivity contribution in [3.8, 4) is 5.75 Å². The molecular formula is C23H23FN4O4. The zero-order valence-corrected chi connectivity index (χ0v) is 17.8. The van der Waals surface area contributed by atoms with Gasteiger partial charge in [-0.15, -0.1) is 0 Å². The first-order valence-electron chi connectivity index (χ1n) is 10.3. The van der Waals surface area contributed by atoms with Gasteiger partial charge in [0.05, 0.1) is 23.9 Å². The number of carbonyl (C=O) groups excluding carboxylic acids is 2. The third-order valence-electron chi connectivity index (χ3n) is 5.60. The predicted molar refractivity (Wildman–Crippen MR) is 117 cm³/mol. The number of nitrogens with zero attached hydrogens (tertiary/aromatic N) is 3. The molecule has 0 saturated carbocycles. The molecule has 4 rings (SSSR count). The first-order chi connectivity index (χ1) is 15.4. The smallest absolute Gasteiger partial charge is 0.261 e. The predicted octanol–water partition coefficient (Wildman–Crippen LogP) is 2.02. The van der Waals surface area contributed by atoms with Crippen LogP contribution in [0, 0.1) is 18.7 Å². The SMILES string of the molecule is COc1cccc(N2CC(C(=O)NCCn3c(C)nc4ccc(F)cc4c3=O)CC2=O)c1. The van der Waals surface area contributed by atoms with Crippen LogP contribution >= 0.6 is 0 Å². The highest BCUT2D eigenvalue weighted by molar-refractivity contribution is 6.00. The molecule has 2 amide bonds. The molecule has 0 spiro atoms. The maximum Gasteiger partial charge on any atom is 0.261 e. The number of ether oxygens (including phenoxy) is 1. The van der Waals surface area contributed by atoms with Crippen molar-refractivity contribution in [3.63, 3.8) is 0 Å². The Morgan fingerprint density at radius 3 is 2.84 bits per heavy atom. The maximum absolute atomic E-state index is 13.5. The molecule has 32 heavy (non-hydrogen) atoms. The summed E-state index contributed by atoms with van der Waals surface area (Å²) in [7, 11) is 1.55. The number of nitrogens with one attached hydrogen (secondary N) is 1. The van der Waals surface area contributed by atoms with Gasteiger partial charge in [-0.1, -0.05) is 6.07 Å². The van der Waals surface area contributed by atoms with E-state index in [1.54, 1.807) is 43.2 Å². The number of anilines is 1. The van der Waals surface area contributed by atoms with Gasteiger partial charge in [0.25, 0.3) is 5.56 Å². The second-order valence-electron chi connectivity index (χ2n) is 7.68. The molecule has 1 aromatic heterocycles. The minimum absolute atomic E-state index is 0.110. The molecule has 1 aliphatic rings. The molecule has 0 radical (unpaired) electrons. The van der Waals surface area contributed by atoms with Crippen LogP contribution in [-0.2, 0) is 16.1 Å². The van der Waals surface area contributed by atoms with Gasteiger partial charge in [0.15, 0.2) is 0 Å². The minimum atomic E-state index is -0.508. The van der Waals surface area contributed by atoms with Gasteiger partial charge < -0.3 is 15.0 Å². The zero-order valence-electron chi connectivity index (χ0n) is 17.8. The van der Waals surface area contributed by atoms with E-state index in [9.17, 15) is 18.8 Å². The quantitative estimate of drug-likeness (QED) is 0.636. The van der Waals surface area contributed by atoms with Gasteiger partial charge >= 0.3 is 0 Å². The summed E-state index contributed by atoms with van der Waals surface area (Å²) in [6.07, 6.45) is 0.110. The lowest BCUT2D eigenvalue weighted by molar-refractivity contribution is -0.126. The van der Waals surface area contributed by atoms with E-state index in [2.05, 4.69) is 10.3 Å². The van der Waals surface area contributed by atoms with Crippen LogP contribution in [0.3, 0.4) is 0 Å². The van der Waals surface area contributed by atoms with Crippen molar-refractivity contribution in [2.75, 3.05) is 25.1 Å². The average molecular weight is 438 g/mol. The number of aromatic nitrogens is 2. The van der Waals surface area contributed by atoms with E-state index in [1.165, 1.54) is 16.7 Å². The molecular weight excluding hydrogens is 415 g/mol.